The summed E-state index contributed by atoms with van der Waals surface area (Å²) in [6.45, 7) is 4.28. The van der Waals surface area contributed by atoms with Crippen molar-refractivity contribution in [2.75, 3.05) is 22.5 Å². The molecule has 5 heteroatoms. The molecule has 0 unspecified atom stereocenters. The van der Waals surface area contributed by atoms with Gasteiger partial charge in [0.25, 0.3) is 0 Å². The summed E-state index contributed by atoms with van der Waals surface area (Å²) < 4.78 is 0. The number of carbonyl (C=O) groups excluding carboxylic acids is 2. The number of hydrogen-bond donors (Lipinski definition) is 3. The monoisotopic (exact) mass is 401 g/mol. The van der Waals surface area contributed by atoms with Crippen LogP contribution in [0.4, 0.5) is 17.1 Å². The summed E-state index contributed by atoms with van der Waals surface area (Å²) in [6, 6.07) is 23.1. The fourth-order valence-corrected chi connectivity index (χ4v) is 3.00. The third-order valence-electron chi connectivity index (χ3n) is 4.90. The Kier molecular flexibility index (Phi) is 7.22. The molecular formula is C25H27N3O2. The van der Waals surface area contributed by atoms with Gasteiger partial charge in [-0.25, -0.2) is 0 Å². The summed E-state index contributed by atoms with van der Waals surface area (Å²) in [6.07, 6.45) is 1.13. The van der Waals surface area contributed by atoms with E-state index in [9.17, 15) is 9.59 Å². The van der Waals surface area contributed by atoms with Gasteiger partial charge < -0.3 is 16.0 Å². The maximum atomic E-state index is 12.2. The Morgan fingerprint density at radius 3 is 1.93 bits per heavy atom. The van der Waals surface area contributed by atoms with Gasteiger partial charge in [-0.3, -0.25) is 9.59 Å². The van der Waals surface area contributed by atoms with Crippen LogP contribution in [0.15, 0.2) is 72.8 Å². The summed E-state index contributed by atoms with van der Waals surface area (Å²) in [4.78, 5) is 24.3. The van der Waals surface area contributed by atoms with E-state index >= 15 is 0 Å². The van der Waals surface area contributed by atoms with Gasteiger partial charge in [-0.2, -0.15) is 0 Å². The minimum Gasteiger partial charge on any atom is -0.376 e. The van der Waals surface area contributed by atoms with Crippen molar-refractivity contribution in [3.8, 4) is 0 Å². The second-order valence-electron chi connectivity index (χ2n) is 7.31. The van der Waals surface area contributed by atoms with Crippen LogP contribution in [0.3, 0.4) is 0 Å². The number of anilines is 3. The number of nitrogens with one attached hydrogen (secondary N) is 3. The number of rotatable bonds is 8. The van der Waals surface area contributed by atoms with Crippen LogP contribution in [-0.4, -0.2) is 18.4 Å². The molecule has 3 aromatic carbocycles. The van der Waals surface area contributed by atoms with Gasteiger partial charge in [0, 0.05) is 23.5 Å². The van der Waals surface area contributed by atoms with Gasteiger partial charge in [0.05, 0.1) is 6.54 Å². The minimum atomic E-state index is -0.132. The summed E-state index contributed by atoms with van der Waals surface area (Å²) in [7, 11) is 0. The molecule has 3 rings (SSSR count). The molecule has 0 bridgehead atoms. The molecule has 2 amide bonds. The van der Waals surface area contributed by atoms with Gasteiger partial charge in [-0.05, 0) is 73.4 Å². The molecule has 0 aromatic heterocycles. The summed E-state index contributed by atoms with van der Waals surface area (Å²) in [5, 5.41) is 8.87. The van der Waals surface area contributed by atoms with Gasteiger partial charge in [-0.1, -0.05) is 36.4 Å². The van der Waals surface area contributed by atoms with Crippen molar-refractivity contribution >= 4 is 28.9 Å². The highest BCUT2D eigenvalue weighted by Gasteiger charge is 2.06. The Bertz CT molecular complexity index is 999. The first kappa shape index (κ1) is 21.1. The lowest BCUT2D eigenvalue weighted by Crippen LogP contribution is -2.21. The van der Waals surface area contributed by atoms with E-state index in [0.29, 0.717) is 24.2 Å². The van der Waals surface area contributed by atoms with Crippen LogP contribution < -0.4 is 16.0 Å². The van der Waals surface area contributed by atoms with Crippen molar-refractivity contribution < 1.29 is 9.59 Å². The Balaban J connectivity index is 1.43. The van der Waals surface area contributed by atoms with Crippen LogP contribution in [-0.2, 0) is 16.0 Å². The average molecular weight is 402 g/mol. The SMILES string of the molecule is Cc1ccc(NCC(=O)Nc2ccc(NC(=O)CCc3ccccc3)cc2)cc1C. The lowest BCUT2D eigenvalue weighted by atomic mass is 10.1. The fraction of sp³-hybridized carbons (Fsp3) is 0.200. The van der Waals surface area contributed by atoms with Crippen molar-refractivity contribution in [3.63, 3.8) is 0 Å². The molecule has 154 valence electrons. The van der Waals surface area contributed by atoms with Gasteiger partial charge in [0.1, 0.15) is 0 Å². The summed E-state index contributed by atoms with van der Waals surface area (Å²) >= 11 is 0. The van der Waals surface area contributed by atoms with E-state index in [2.05, 4.69) is 22.9 Å². The third-order valence-corrected chi connectivity index (χ3v) is 4.90. The molecule has 0 fully saturated rings. The highest BCUT2D eigenvalue weighted by Crippen LogP contribution is 2.16. The van der Waals surface area contributed by atoms with Gasteiger partial charge >= 0.3 is 0 Å². The van der Waals surface area contributed by atoms with Crippen LogP contribution in [0.2, 0.25) is 0 Å². The second kappa shape index (κ2) is 10.3. The smallest absolute Gasteiger partial charge is 0.243 e. The molecule has 0 aliphatic heterocycles. The van der Waals surface area contributed by atoms with Gasteiger partial charge in [0.2, 0.25) is 11.8 Å². The molecule has 0 saturated heterocycles. The normalized spacial score (nSPS) is 10.3. The Labute approximate surface area is 177 Å². The van der Waals surface area contributed by atoms with Crippen molar-refractivity contribution in [1.82, 2.24) is 0 Å². The molecule has 0 saturated carbocycles. The fourth-order valence-electron chi connectivity index (χ4n) is 3.00. The van der Waals surface area contributed by atoms with Crippen LogP contribution in [0.5, 0.6) is 0 Å². The first-order chi connectivity index (χ1) is 14.5. The van der Waals surface area contributed by atoms with Crippen molar-refractivity contribution in [2.45, 2.75) is 26.7 Å². The van der Waals surface area contributed by atoms with E-state index in [1.165, 1.54) is 11.1 Å². The van der Waals surface area contributed by atoms with Crippen LogP contribution in [0, 0.1) is 13.8 Å². The predicted octanol–water partition coefficient (Wildman–Crippen LogP) is 4.93. The molecule has 0 radical (unpaired) electrons. The number of carbonyl (C=O) groups is 2. The molecule has 30 heavy (non-hydrogen) atoms. The van der Waals surface area contributed by atoms with E-state index < -0.39 is 0 Å². The Hall–Kier alpha value is -3.60. The van der Waals surface area contributed by atoms with E-state index in [0.717, 1.165) is 11.3 Å². The molecule has 0 aliphatic rings. The van der Waals surface area contributed by atoms with E-state index in [1.54, 1.807) is 24.3 Å². The highest BCUT2D eigenvalue weighted by molar-refractivity contribution is 5.94. The zero-order valence-corrected chi connectivity index (χ0v) is 17.4. The lowest BCUT2D eigenvalue weighted by molar-refractivity contribution is -0.116. The van der Waals surface area contributed by atoms with Crippen LogP contribution in [0.1, 0.15) is 23.1 Å². The Morgan fingerprint density at radius 1 is 0.700 bits per heavy atom. The molecule has 5 nitrogen and oxygen atoms in total. The van der Waals surface area contributed by atoms with Gasteiger partial charge in [0.15, 0.2) is 0 Å². The average Bonchev–Trinajstić information content (AvgIpc) is 2.75. The quantitative estimate of drug-likeness (QED) is 0.501. The lowest BCUT2D eigenvalue weighted by Gasteiger charge is -2.10. The second-order valence-corrected chi connectivity index (χ2v) is 7.31. The third kappa shape index (κ3) is 6.48. The van der Waals surface area contributed by atoms with Gasteiger partial charge in [-0.15, -0.1) is 0 Å². The zero-order chi connectivity index (χ0) is 21.3. The number of benzene rings is 3. The van der Waals surface area contributed by atoms with E-state index in [4.69, 9.17) is 0 Å². The van der Waals surface area contributed by atoms with Crippen LogP contribution in [0.25, 0.3) is 0 Å². The maximum absolute atomic E-state index is 12.2. The number of amides is 2. The van der Waals surface area contributed by atoms with Crippen molar-refractivity contribution in [3.05, 3.63) is 89.5 Å². The first-order valence-corrected chi connectivity index (χ1v) is 10.0. The molecule has 3 N–H and O–H groups in total. The summed E-state index contributed by atoms with van der Waals surface area (Å²) in [5.41, 5.74) is 5.85. The van der Waals surface area contributed by atoms with Crippen LogP contribution >= 0.6 is 0 Å². The molecule has 3 aromatic rings. The van der Waals surface area contributed by atoms with E-state index in [1.807, 2.05) is 55.5 Å². The molecule has 0 aliphatic carbocycles. The molecule has 0 atom stereocenters. The highest BCUT2D eigenvalue weighted by atomic mass is 16.2. The zero-order valence-electron chi connectivity index (χ0n) is 17.4. The standard InChI is InChI=1S/C25H27N3O2/c1-18-8-10-23(16-19(18)2)26-17-25(30)28-22-13-11-21(12-14-22)27-24(29)15-9-20-6-4-3-5-7-20/h3-8,10-14,16,26H,9,15,17H2,1-2H3,(H,27,29)(H,28,30). The van der Waals surface area contributed by atoms with Crippen molar-refractivity contribution in [2.24, 2.45) is 0 Å². The molecular weight excluding hydrogens is 374 g/mol. The predicted molar refractivity (Wildman–Crippen MR) is 123 cm³/mol. The molecule has 0 heterocycles. The van der Waals surface area contributed by atoms with Crippen molar-refractivity contribution in [1.29, 1.82) is 0 Å². The largest absolute Gasteiger partial charge is 0.376 e. The molecule has 0 spiro atoms. The maximum Gasteiger partial charge on any atom is 0.243 e. The minimum absolute atomic E-state index is 0.0340. The number of aryl methyl sites for hydroxylation is 3. The summed E-state index contributed by atoms with van der Waals surface area (Å²) in [5.74, 6) is -0.166. The topological polar surface area (TPSA) is 70.2 Å². The van der Waals surface area contributed by atoms with E-state index in [-0.39, 0.29) is 18.4 Å². The Morgan fingerprint density at radius 2 is 1.30 bits per heavy atom. The first-order valence-electron chi connectivity index (χ1n) is 10.0. The number of hydrogen-bond acceptors (Lipinski definition) is 3.